The lowest BCUT2D eigenvalue weighted by Crippen LogP contribution is -2.55. The number of hydrogen-bond donors (Lipinski definition) is 2. The summed E-state index contributed by atoms with van der Waals surface area (Å²) < 4.78 is 11.5. The topological polar surface area (TPSA) is 120 Å². The number of amides is 1. The van der Waals surface area contributed by atoms with E-state index in [1.165, 1.54) is 0 Å². The minimum absolute atomic E-state index is 0.0167. The summed E-state index contributed by atoms with van der Waals surface area (Å²) in [7, 11) is 0. The molecular formula is C35H43Cl2N5O4. The molecule has 1 saturated heterocycles. The van der Waals surface area contributed by atoms with Crippen LogP contribution >= 0.6 is 23.2 Å². The summed E-state index contributed by atoms with van der Waals surface area (Å²) in [4.78, 5) is 37.2. The van der Waals surface area contributed by atoms with Crippen LogP contribution in [0, 0.1) is 0 Å². The first kappa shape index (κ1) is 33.9. The molecule has 46 heavy (non-hydrogen) atoms. The summed E-state index contributed by atoms with van der Waals surface area (Å²) in [6.45, 7) is 6.46. The number of carbonyl (C=O) groups excluding carboxylic acids is 2. The van der Waals surface area contributed by atoms with E-state index in [1.807, 2.05) is 57.2 Å². The van der Waals surface area contributed by atoms with E-state index >= 15 is 0 Å². The highest BCUT2D eigenvalue weighted by molar-refractivity contribution is 6.36. The molecule has 1 aliphatic carbocycles. The number of anilines is 1. The van der Waals surface area contributed by atoms with Crippen molar-refractivity contribution >= 4 is 41.1 Å². The van der Waals surface area contributed by atoms with Gasteiger partial charge in [-0.2, -0.15) is 0 Å². The van der Waals surface area contributed by atoms with E-state index in [4.69, 9.17) is 43.4 Å². The van der Waals surface area contributed by atoms with Crippen molar-refractivity contribution in [1.29, 1.82) is 0 Å². The monoisotopic (exact) mass is 667 g/mol. The minimum Gasteiger partial charge on any atom is -0.461 e. The number of ether oxygens (including phenoxy) is 2. The van der Waals surface area contributed by atoms with Crippen LogP contribution < -0.4 is 11.1 Å². The molecule has 3 N–H and O–H groups in total. The molecule has 1 aliphatic heterocycles. The highest BCUT2D eigenvalue weighted by atomic mass is 35.5. The number of likely N-dealkylation sites (tertiary alicyclic amines) is 1. The lowest BCUT2D eigenvalue weighted by molar-refractivity contribution is -0.156. The minimum atomic E-state index is -0.697. The summed E-state index contributed by atoms with van der Waals surface area (Å²) >= 11 is 12.7. The number of aromatic nitrogens is 2. The van der Waals surface area contributed by atoms with Crippen molar-refractivity contribution in [3.8, 4) is 11.3 Å². The maximum atomic E-state index is 13.3. The van der Waals surface area contributed by atoms with Gasteiger partial charge in [-0.05, 0) is 101 Å². The zero-order valence-corrected chi connectivity index (χ0v) is 28.2. The van der Waals surface area contributed by atoms with Crippen LogP contribution in [0.2, 0.25) is 10.0 Å². The van der Waals surface area contributed by atoms with Crippen molar-refractivity contribution in [2.45, 2.75) is 102 Å². The Kier molecular flexibility index (Phi) is 11.1. The van der Waals surface area contributed by atoms with Gasteiger partial charge in [0.05, 0.1) is 17.6 Å². The lowest BCUT2D eigenvalue weighted by atomic mass is 9.96. The molecule has 2 atom stereocenters. The van der Waals surface area contributed by atoms with Crippen LogP contribution in [0.5, 0.6) is 0 Å². The number of hydrogen-bond acceptors (Lipinski definition) is 8. The molecule has 9 nitrogen and oxygen atoms in total. The van der Waals surface area contributed by atoms with Gasteiger partial charge in [-0.1, -0.05) is 47.5 Å². The number of rotatable bonds is 9. The third-order valence-electron chi connectivity index (χ3n) is 8.46. The zero-order valence-electron chi connectivity index (χ0n) is 26.7. The normalized spacial score (nSPS) is 18.8. The maximum Gasteiger partial charge on any atom is 0.411 e. The molecule has 2 aliphatic rings. The number of nitrogens with two attached hydrogens (primary N) is 1. The van der Waals surface area contributed by atoms with Crippen molar-refractivity contribution < 1.29 is 19.1 Å². The lowest BCUT2D eigenvalue weighted by Gasteiger charge is -2.39. The first-order valence-electron chi connectivity index (χ1n) is 16.0. The molecule has 11 heteroatoms. The number of aryl methyl sites for hydroxylation is 1. The molecular weight excluding hydrogens is 625 g/mol. The molecule has 1 unspecified atom stereocenters. The van der Waals surface area contributed by atoms with E-state index in [0.717, 1.165) is 48.1 Å². The van der Waals surface area contributed by atoms with Gasteiger partial charge in [0.1, 0.15) is 23.6 Å². The number of nitrogens with one attached hydrogen (secondary N) is 1. The van der Waals surface area contributed by atoms with Crippen molar-refractivity contribution in [2.75, 3.05) is 12.3 Å². The summed E-state index contributed by atoms with van der Waals surface area (Å²) in [5, 5.41) is 4.83. The van der Waals surface area contributed by atoms with Gasteiger partial charge < -0.3 is 20.5 Å². The quantitative estimate of drug-likeness (QED) is 0.231. The Hall–Kier alpha value is -3.40. The molecule has 2 aromatic carbocycles. The summed E-state index contributed by atoms with van der Waals surface area (Å²) in [6.07, 6.45) is 7.26. The second-order valence-electron chi connectivity index (χ2n) is 13.1. The van der Waals surface area contributed by atoms with Crippen LogP contribution in [0.3, 0.4) is 0 Å². The number of halogens is 2. The second-order valence-corrected chi connectivity index (χ2v) is 13.9. The molecule has 1 amide bonds. The zero-order chi connectivity index (χ0) is 32.8. The van der Waals surface area contributed by atoms with Crippen LogP contribution in [0.4, 0.5) is 10.6 Å². The van der Waals surface area contributed by atoms with Gasteiger partial charge in [-0.3, -0.25) is 4.90 Å². The van der Waals surface area contributed by atoms with Gasteiger partial charge in [0, 0.05) is 34.7 Å². The predicted molar refractivity (Wildman–Crippen MR) is 181 cm³/mol. The number of nitrogen functional groups attached to an aromatic ring is 1. The first-order valence-corrected chi connectivity index (χ1v) is 16.8. The van der Waals surface area contributed by atoms with Crippen LogP contribution in [-0.4, -0.2) is 57.3 Å². The van der Waals surface area contributed by atoms with Crippen molar-refractivity contribution in [3.63, 3.8) is 0 Å². The Bertz CT molecular complexity index is 1520. The molecule has 246 valence electrons. The number of esters is 1. The van der Waals surface area contributed by atoms with Crippen LogP contribution in [0.1, 0.15) is 76.1 Å². The van der Waals surface area contributed by atoms with E-state index in [9.17, 15) is 9.59 Å². The standard InChI is InChI=1S/C35H43Cl2N5O4/c1-35(2,3)46-34(44)42-17-16-24(19-31(42)33(43)45-25-10-4-5-11-25)39-20-22-8-6-9-23(18-22)30-21-40-32(38)29(41-30)15-14-26-27(36)12-7-13-28(26)37/h6-9,12-13,18,21,24-25,31,39H,4-5,10-11,14-17,19-20H2,1-3H3,(H2,38,40)/t24?,31-/m1/s1. The largest absolute Gasteiger partial charge is 0.461 e. The van der Waals surface area contributed by atoms with E-state index in [1.54, 1.807) is 11.1 Å². The van der Waals surface area contributed by atoms with Gasteiger partial charge >= 0.3 is 12.1 Å². The average molecular weight is 669 g/mol. The van der Waals surface area contributed by atoms with Crippen molar-refractivity contribution in [1.82, 2.24) is 20.2 Å². The smallest absolute Gasteiger partial charge is 0.411 e. The summed E-state index contributed by atoms with van der Waals surface area (Å²) in [5.41, 5.74) is 9.77. The van der Waals surface area contributed by atoms with E-state index < -0.39 is 17.7 Å². The van der Waals surface area contributed by atoms with Gasteiger partial charge in [0.25, 0.3) is 0 Å². The Morgan fingerprint density at radius 2 is 1.76 bits per heavy atom. The molecule has 0 spiro atoms. The van der Waals surface area contributed by atoms with Crippen LogP contribution in [0.25, 0.3) is 11.3 Å². The molecule has 2 heterocycles. The average Bonchev–Trinajstić information content (AvgIpc) is 3.53. The van der Waals surface area contributed by atoms with Gasteiger partial charge in [0.15, 0.2) is 0 Å². The molecule has 5 rings (SSSR count). The summed E-state index contributed by atoms with van der Waals surface area (Å²) in [5.74, 6) is 0.0317. The fraction of sp³-hybridized carbons (Fsp3) is 0.486. The summed E-state index contributed by atoms with van der Waals surface area (Å²) in [6, 6.07) is 12.9. The van der Waals surface area contributed by atoms with E-state index in [2.05, 4.69) is 16.4 Å². The van der Waals surface area contributed by atoms with E-state index in [0.29, 0.717) is 60.3 Å². The number of carbonyl (C=O) groups is 2. The van der Waals surface area contributed by atoms with Gasteiger partial charge in [-0.25, -0.2) is 19.6 Å². The predicted octanol–water partition coefficient (Wildman–Crippen LogP) is 7.16. The molecule has 3 aromatic rings. The highest BCUT2D eigenvalue weighted by Crippen LogP contribution is 2.28. The van der Waals surface area contributed by atoms with Crippen LogP contribution in [-0.2, 0) is 33.7 Å². The van der Waals surface area contributed by atoms with Crippen LogP contribution in [0.15, 0.2) is 48.7 Å². The van der Waals surface area contributed by atoms with E-state index in [-0.39, 0.29) is 18.1 Å². The maximum absolute atomic E-state index is 13.3. The van der Waals surface area contributed by atoms with Gasteiger partial charge in [-0.15, -0.1) is 0 Å². The van der Waals surface area contributed by atoms with Crippen molar-refractivity contribution in [2.24, 2.45) is 0 Å². The third-order valence-corrected chi connectivity index (χ3v) is 9.16. The Morgan fingerprint density at radius 1 is 1.04 bits per heavy atom. The Morgan fingerprint density at radius 3 is 2.48 bits per heavy atom. The molecule has 1 saturated carbocycles. The Labute approximate surface area is 281 Å². The second kappa shape index (κ2) is 15.0. The molecule has 1 aromatic heterocycles. The van der Waals surface area contributed by atoms with Gasteiger partial charge in [0.2, 0.25) is 0 Å². The molecule has 0 radical (unpaired) electrons. The Balaban J connectivity index is 1.24. The molecule has 0 bridgehead atoms. The number of piperidine rings is 1. The fourth-order valence-electron chi connectivity index (χ4n) is 6.04. The SMILES string of the molecule is CC(C)(C)OC(=O)N1CCC(NCc2cccc(-c3cnc(N)c(CCc4c(Cl)cccc4Cl)n3)c2)C[C@@H]1C(=O)OC1CCCC1. The highest BCUT2D eigenvalue weighted by Gasteiger charge is 2.40. The number of nitrogens with zero attached hydrogens (tertiary/aromatic N) is 3. The fourth-order valence-corrected chi connectivity index (χ4v) is 6.63. The van der Waals surface area contributed by atoms with Crippen molar-refractivity contribution in [3.05, 3.63) is 75.5 Å². The third kappa shape index (κ3) is 8.90. The first-order chi connectivity index (χ1) is 22.0. The number of benzene rings is 2. The molecule has 2 fully saturated rings.